The number of para-hydroxylation sites is 1. The van der Waals surface area contributed by atoms with Crippen molar-refractivity contribution >= 4 is 17.5 Å². The Morgan fingerprint density at radius 2 is 1.81 bits per heavy atom. The van der Waals surface area contributed by atoms with Gasteiger partial charge in [-0.2, -0.15) is 4.98 Å². The number of aromatic nitrogens is 3. The average Bonchev–Trinajstić information content (AvgIpc) is 2.67. The van der Waals surface area contributed by atoms with Crippen LogP contribution >= 0.6 is 0 Å². The molecule has 2 aromatic heterocycles. The summed E-state index contributed by atoms with van der Waals surface area (Å²) in [6, 6.07) is 14.4. The van der Waals surface area contributed by atoms with Gasteiger partial charge in [-0.15, -0.1) is 0 Å². The number of pyridine rings is 1. The van der Waals surface area contributed by atoms with Gasteiger partial charge in [0.1, 0.15) is 5.82 Å². The van der Waals surface area contributed by atoms with Crippen molar-refractivity contribution < 1.29 is 0 Å². The average molecular weight is 347 g/mol. The van der Waals surface area contributed by atoms with Crippen molar-refractivity contribution in [2.75, 3.05) is 23.8 Å². The zero-order chi connectivity index (χ0) is 18.4. The molecule has 0 spiro atoms. The molecule has 0 radical (unpaired) electrons. The SMILES string of the molecule is CCc1ccccc1Nc1nc(C)cc(N(C)CCc2ccncc2)n1. The molecule has 0 fully saturated rings. The Morgan fingerprint density at radius 1 is 1.04 bits per heavy atom. The van der Waals surface area contributed by atoms with E-state index in [4.69, 9.17) is 4.98 Å². The highest BCUT2D eigenvalue weighted by atomic mass is 15.2. The molecule has 0 aliphatic heterocycles. The van der Waals surface area contributed by atoms with Gasteiger partial charge in [0.05, 0.1) is 0 Å². The maximum absolute atomic E-state index is 4.71. The second-order valence-electron chi connectivity index (χ2n) is 6.35. The molecule has 0 saturated heterocycles. The van der Waals surface area contributed by atoms with Crippen LogP contribution < -0.4 is 10.2 Å². The van der Waals surface area contributed by atoms with E-state index in [-0.39, 0.29) is 0 Å². The molecular formula is C21H25N5. The van der Waals surface area contributed by atoms with E-state index in [9.17, 15) is 0 Å². The Morgan fingerprint density at radius 3 is 2.58 bits per heavy atom. The Hall–Kier alpha value is -2.95. The maximum Gasteiger partial charge on any atom is 0.229 e. The summed E-state index contributed by atoms with van der Waals surface area (Å²) in [6.45, 7) is 5.03. The minimum Gasteiger partial charge on any atom is -0.359 e. The first-order chi connectivity index (χ1) is 12.7. The number of nitrogens with one attached hydrogen (secondary N) is 1. The Bertz CT molecular complexity index is 848. The van der Waals surface area contributed by atoms with Crippen LogP contribution in [-0.2, 0) is 12.8 Å². The van der Waals surface area contributed by atoms with E-state index >= 15 is 0 Å². The molecule has 2 heterocycles. The van der Waals surface area contributed by atoms with Crippen LogP contribution in [-0.4, -0.2) is 28.5 Å². The predicted molar refractivity (Wildman–Crippen MR) is 107 cm³/mol. The van der Waals surface area contributed by atoms with Crippen LogP contribution in [0, 0.1) is 6.92 Å². The third-order valence-electron chi connectivity index (χ3n) is 4.36. The lowest BCUT2D eigenvalue weighted by molar-refractivity contribution is 0.853. The molecule has 5 nitrogen and oxygen atoms in total. The molecule has 3 rings (SSSR count). The minimum atomic E-state index is 0.636. The second kappa shape index (κ2) is 8.43. The van der Waals surface area contributed by atoms with Gasteiger partial charge in [-0.25, -0.2) is 4.98 Å². The van der Waals surface area contributed by atoms with E-state index in [1.807, 2.05) is 43.6 Å². The summed E-state index contributed by atoms with van der Waals surface area (Å²) in [5, 5.41) is 3.38. The highest BCUT2D eigenvalue weighted by Gasteiger charge is 2.09. The third-order valence-corrected chi connectivity index (χ3v) is 4.36. The van der Waals surface area contributed by atoms with Gasteiger partial charge < -0.3 is 10.2 Å². The number of likely N-dealkylation sites (N-methyl/N-ethyl adjacent to an activating group) is 1. The lowest BCUT2D eigenvalue weighted by Crippen LogP contribution is -2.22. The molecule has 0 unspecified atom stereocenters. The van der Waals surface area contributed by atoms with Crippen LogP contribution in [0.4, 0.5) is 17.5 Å². The number of hydrogen-bond donors (Lipinski definition) is 1. The summed E-state index contributed by atoms with van der Waals surface area (Å²) in [6.07, 6.45) is 5.58. The minimum absolute atomic E-state index is 0.636. The summed E-state index contributed by atoms with van der Waals surface area (Å²) in [5.74, 6) is 1.56. The topological polar surface area (TPSA) is 53.9 Å². The summed E-state index contributed by atoms with van der Waals surface area (Å²) < 4.78 is 0. The van der Waals surface area contributed by atoms with Gasteiger partial charge in [-0.3, -0.25) is 4.98 Å². The van der Waals surface area contributed by atoms with E-state index in [0.717, 1.165) is 36.6 Å². The third kappa shape index (κ3) is 4.57. The van der Waals surface area contributed by atoms with E-state index in [1.165, 1.54) is 11.1 Å². The number of benzene rings is 1. The fourth-order valence-electron chi connectivity index (χ4n) is 2.84. The van der Waals surface area contributed by atoms with Crippen molar-refractivity contribution in [1.29, 1.82) is 0 Å². The maximum atomic E-state index is 4.71. The summed E-state index contributed by atoms with van der Waals surface area (Å²) in [5.41, 5.74) is 4.53. The Labute approximate surface area is 155 Å². The molecule has 0 atom stereocenters. The van der Waals surface area contributed by atoms with E-state index in [1.54, 1.807) is 0 Å². The molecule has 5 heteroatoms. The summed E-state index contributed by atoms with van der Waals surface area (Å²) in [7, 11) is 2.06. The quantitative estimate of drug-likeness (QED) is 0.695. The standard InChI is InChI=1S/C21H25N5/c1-4-18-7-5-6-8-19(18)24-21-23-16(2)15-20(25-21)26(3)14-11-17-9-12-22-13-10-17/h5-10,12-13,15H,4,11,14H2,1-3H3,(H,23,24,25). The van der Waals surface area contributed by atoms with E-state index in [0.29, 0.717) is 5.95 Å². The first kappa shape index (κ1) is 17.9. The highest BCUT2D eigenvalue weighted by Crippen LogP contribution is 2.21. The molecular weight excluding hydrogens is 322 g/mol. The lowest BCUT2D eigenvalue weighted by Gasteiger charge is -2.19. The fraction of sp³-hybridized carbons (Fsp3) is 0.286. The second-order valence-corrected chi connectivity index (χ2v) is 6.35. The first-order valence-corrected chi connectivity index (χ1v) is 8.96. The first-order valence-electron chi connectivity index (χ1n) is 8.96. The van der Waals surface area contributed by atoms with Gasteiger partial charge in [0.25, 0.3) is 0 Å². The Kier molecular flexibility index (Phi) is 5.79. The summed E-state index contributed by atoms with van der Waals surface area (Å²) >= 11 is 0. The molecule has 0 aliphatic rings. The number of anilines is 3. The molecule has 0 saturated carbocycles. The van der Waals surface area contributed by atoms with Crippen LogP contribution in [0.3, 0.4) is 0 Å². The van der Waals surface area contributed by atoms with Gasteiger partial charge >= 0.3 is 0 Å². The van der Waals surface area contributed by atoms with Crippen molar-refractivity contribution in [2.45, 2.75) is 26.7 Å². The highest BCUT2D eigenvalue weighted by molar-refractivity contribution is 5.59. The van der Waals surface area contributed by atoms with Crippen LogP contribution in [0.5, 0.6) is 0 Å². The predicted octanol–water partition coefficient (Wildman–Crippen LogP) is 4.16. The zero-order valence-corrected chi connectivity index (χ0v) is 15.6. The van der Waals surface area contributed by atoms with E-state index < -0.39 is 0 Å². The lowest BCUT2D eigenvalue weighted by atomic mass is 10.1. The molecule has 0 aliphatic carbocycles. The normalized spacial score (nSPS) is 10.6. The van der Waals surface area contributed by atoms with Gasteiger partial charge in [0.15, 0.2) is 0 Å². The molecule has 134 valence electrons. The number of aryl methyl sites for hydroxylation is 2. The van der Waals surface area contributed by atoms with Crippen LogP contribution in [0.25, 0.3) is 0 Å². The van der Waals surface area contributed by atoms with Crippen molar-refractivity contribution in [3.05, 3.63) is 71.7 Å². The molecule has 1 N–H and O–H groups in total. The van der Waals surface area contributed by atoms with Crippen molar-refractivity contribution in [1.82, 2.24) is 15.0 Å². The molecule has 26 heavy (non-hydrogen) atoms. The van der Waals surface area contributed by atoms with Gasteiger partial charge in [0, 0.05) is 43.4 Å². The zero-order valence-electron chi connectivity index (χ0n) is 15.6. The molecule has 0 bridgehead atoms. The number of rotatable bonds is 7. The largest absolute Gasteiger partial charge is 0.359 e. The molecule has 0 amide bonds. The monoisotopic (exact) mass is 347 g/mol. The van der Waals surface area contributed by atoms with Crippen molar-refractivity contribution in [3.8, 4) is 0 Å². The molecule has 1 aromatic carbocycles. The van der Waals surface area contributed by atoms with Crippen LogP contribution in [0.2, 0.25) is 0 Å². The summed E-state index contributed by atoms with van der Waals surface area (Å²) in [4.78, 5) is 15.5. The smallest absolute Gasteiger partial charge is 0.229 e. The number of nitrogens with zero attached hydrogens (tertiary/aromatic N) is 4. The van der Waals surface area contributed by atoms with Crippen LogP contribution in [0.15, 0.2) is 54.9 Å². The van der Waals surface area contributed by atoms with Crippen molar-refractivity contribution in [3.63, 3.8) is 0 Å². The van der Waals surface area contributed by atoms with Crippen molar-refractivity contribution in [2.24, 2.45) is 0 Å². The fourth-order valence-corrected chi connectivity index (χ4v) is 2.84. The number of hydrogen-bond acceptors (Lipinski definition) is 5. The van der Waals surface area contributed by atoms with Gasteiger partial charge in [0.2, 0.25) is 5.95 Å². The Balaban J connectivity index is 1.74. The van der Waals surface area contributed by atoms with Crippen LogP contribution in [0.1, 0.15) is 23.7 Å². The van der Waals surface area contributed by atoms with Gasteiger partial charge in [-0.05, 0) is 49.1 Å². The van der Waals surface area contributed by atoms with Gasteiger partial charge in [-0.1, -0.05) is 25.1 Å². The molecule has 3 aromatic rings. The van der Waals surface area contributed by atoms with E-state index in [2.05, 4.69) is 52.4 Å².